The molecule has 3 saturated heterocycles. The van der Waals surface area contributed by atoms with Gasteiger partial charge in [0.2, 0.25) is 5.91 Å². The molecule has 5 atom stereocenters. The predicted octanol–water partition coefficient (Wildman–Crippen LogP) is -1.53. The molecule has 0 aliphatic carbocycles. The molecule has 27 heavy (non-hydrogen) atoms. The van der Waals surface area contributed by atoms with E-state index in [1.807, 2.05) is 0 Å². The van der Waals surface area contributed by atoms with Crippen LogP contribution in [-0.4, -0.2) is 106 Å². The smallest absolute Gasteiger partial charge is 0.317 e. The molecule has 0 aromatic heterocycles. The number of aliphatic hydroxyl groups is 1. The maximum Gasteiger partial charge on any atom is 0.317 e. The summed E-state index contributed by atoms with van der Waals surface area (Å²) in [6.45, 7) is 3.32. The monoisotopic (exact) mass is 387 g/mol. The van der Waals surface area contributed by atoms with Crippen molar-refractivity contribution in [3.8, 4) is 0 Å². The lowest BCUT2D eigenvalue weighted by Crippen LogP contribution is -2.49. The van der Waals surface area contributed by atoms with Crippen molar-refractivity contribution >= 4 is 11.9 Å². The van der Waals surface area contributed by atoms with Crippen molar-refractivity contribution in [2.45, 2.75) is 43.4 Å². The van der Waals surface area contributed by atoms with Crippen molar-refractivity contribution in [3.63, 3.8) is 0 Å². The third kappa shape index (κ3) is 5.29. The van der Waals surface area contributed by atoms with E-state index in [1.54, 1.807) is 12.0 Å². The van der Waals surface area contributed by atoms with Gasteiger partial charge in [-0.05, 0) is 0 Å². The van der Waals surface area contributed by atoms with Crippen molar-refractivity contribution in [2.75, 3.05) is 53.1 Å². The molecule has 3 aliphatic rings. The second kappa shape index (κ2) is 9.65. The van der Waals surface area contributed by atoms with Crippen molar-refractivity contribution in [2.24, 2.45) is 0 Å². The average Bonchev–Trinajstić information content (AvgIpc) is 3.19. The predicted molar refractivity (Wildman–Crippen MR) is 93.2 cm³/mol. The van der Waals surface area contributed by atoms with E-state index in [2.05, 4.69) is 10.6 Å². The van der Waals surface area contributed by atoms with Gasteiger partial charge < -0.3 is 39.6 Å². The third-order valence-electron chi connectivity index (χ3n) is 5.07. The lowest BCUT2D eigenvalue weighted by Gasteiger charge is -2.28. The van der Waals surface area contributed by atoms with Crippen LogP contribution >= 0.6 is 0 Å². The van der Waals surface area contributed by atoms with E-state index in [4.69, 9.17) is 18.9 Å². The minimum atomic E-state index is -0.832. The van der Waals surface area contributed by atoms with E-state index >= 15 is 0 Å². The zero-order valence-corrected chi connectivity index (χ0v) is 15.6. The van der Waals surface area contributed by atoms with Gasteiger partial charge in [-0.15, -0.1) is 0 Å². The van der Waals surface area contributed by atoms with Crippen molar-refractivity contribution < 1.29 is 33.6 Å². The SMILES string of the molecule is COCCNC(=O)C[C@@H]1C[C@H]2O[C@H](CNC(=O)N3CCOCC3)[C@@H](O)[C@H]2O1. The van der Waals surface area contributed by atoms with E-state index < -0.39 is 18.3 Å². The highest BCUT2D eigenvalue weighted by Crippen LogP contribution is 2.35. The topological polar surface area (TPSA) is 119 Å². The van der Waals surface area contributed by atoms with Gasteiger partial charge in [0.25, 0.3) is 0 Å². The van der Waals surface area contributed by atoms with Crippen LogP contribution in [0.3, 0.4) is 0 Å². The largest absolute Gasteiger partial charge is 0.388 e. The lowest BCUT2D eigenvalue weighted by atomic mass is 10.1. The van der Waals surface area contributed by atoms with Crippen LogP contribution in [0, 0.1) is 0 Å². The molecule has 0 unspecified atom stereocenters. The molecule has 10 heteroatoms. The first-order chi connectivity index (χ1) is 13.1. The number of morpholine rings is 1. The number of nitrogens with one attached hydrogen (secondary N) is 2. The summed E-state index contributed by atoms with van der Waals surface area (Å²) in [4.78, 5) is 25.7. The Morgan fingerprint density at radius 3 is 2.70 bits per heavy atom. The van der Waals surface area contributed by atoms with Crippen molar-refractivity contribution in [1.29, 1.82) is 0 Å². The number of nitrogens with zero attached hydrogens (tertiary/aromatic N) is 1. The first-order valence-corrected chi connectivity index (χ1v) is 9.43. The van der Waals surface area contributed by atoms with Gasteiger partial charge in [-0.3, -0.25) is 4.79 Å². The molecule has 0 aromatic rings. The molecule has 0 spiro atoms. The zero-order chi connectivity index (χ0) is 19.2. The minimum absolute atomic E-state index is 0.110. The van der Waals surface area contributed by atoms with Crippen LogP contribution in [0.4, 0.5) is 4.79 Å². The molecule has 3 heterocycles. The molecular weight excluding hydrogens is 358 g/mol. The molecule has 3 N–H and O–H groups in total. The summed E-state index contributed by atoms with van der Waals surface area (Å²) in [7, 11) is 1.58. The first-order valence-electron chi connectivity index (χ1n) is 9.43. The van der Waals surface area contributed by atoms with E-state index in [0.29, 0.717) is 45.9 Å². The third-order valence-corrected chi connectivity index (χ3v) is 5.07. The molecule has 0 radical (unpaired) electrons. The van der Waals surface area contributed by atoms with E-state index in [-0.39, 0.29) is 37.1 Å². The Hall–Kier alpha value is -1.46. The average molecular weight is 387 g/mol. The fourth-order valence-corrected chi connectivity index (χ4v) is 3.65. The maximum atomic E-state index is 12.1. The first kappa shape index (κ1) is 20.3. The Morgan fingerprint density at radius 1 is 1.22 bits per heavy atom. The number of hydrogen-bond donors (Lipinski definition) is 3. The van der Waals surface area contributed by atoms with Gasteiger partial charge in [-0.25, -0.2) is 4.79 Å². The quantitative estimate of drug-likeness (QED) is 0.453. The number of rotatable bonds is 7. The number of methoxy groups -OCH3 is 1. The fraction of sp³-hybridized carbons (Fsp3) is 0.882. The zero-order valence-electron chi connectivity index (χ0n) is 15.6. The molecular formula is C17H29N3O7. The molecule has 10 nitrogen and oxygen atoms in total. The standard InChI is InChI=1S/C17H29N3O7/c1-24-5-2-18-14(21)9-11-8-12-16(26-11)15(22)13(27-12)10-19-17(23)20-3-6-25-7-4-20/h11-13,15-16,22H,2-10H2,1H3,(H,18,21)(H,19,23)/t11-,12+,13+,15+,16-/m0/s1. The second-order valence-corrected chi connectivity index (χ2v) is 6.99. The van der Waals surface area contributed by atoms with E-state index in [0.717, 1.165) is 0 Å². The van der Waals surface area contributed by atoms with Crippen molar-refractivity contribution in [1.82, 2.24) is 15.5 Å². The molecule has 3 fully saturated rings. The van der Waals surface area contributed by atoms with Crippen LogP contribution in [0.5, 0.6) is 0 Å². The Labute approximate surface area is 158 Å². The van der Waals surface area contributed by atoms with Crippen molar-refractivity contribution in [3.05, 3.63) is 0 Å². The highest BCUT2D eigenvalue weighted by atomic mass is 16.6. The Balaban J connectivity index is 1.38. The van der Waals surface area contributed by atoms with Crippen LogP contribution in [0.25, 0.3) is 0 Å². The van der Waals surface area contributed by atoms with Gasteiger partial charge in [-0.1, -0.05) is 0 Å². The van der Waals surface area contributed by atoms with Gasteiger partial charge in [0.05, 0.1) is 38.4 Å². The lowest BCUT2D eigenvalue weighted by molar-refractivity contribution is -0.124. The normalized spacial score (nSPS) is 33.0. The number of hydrogen-bond acceptors (Lipinski definition) is 7. The van der Waals surface area contributed by atoms with E-state index in [9.17, 15) is 14.7 Å². The second-order valence-electron chi connectivity index (χ2n) is 6.99. The summed E-state index contributed by atoms with van der Waals surface area (Å²) in [5.41, 5.74) is 0. The van der Waals surface area contributed by atoms with Gasteiger partial charge in [0.1, 0.15) is 18.3 Å². The van der Waals surface area contributed by atoms with Gasteiger partial charge in [0, 0.05) is 39.7 Å². The van der Waals surface area contributed by atoms with Crippen LogP contribution < -0.4 is 10.6 Å². The van der Waals surface area contributed by atoms with Gasteiger partial charge in [0.15, 0.2) is 0 Å². The van der Waals surface area contributed by atoms with Crippen LogP contribution in [0.1, 0.15) is 12.8 Å². The number of fused-ring (bicyclic) bond motifs is 1. The fourth-order valence-electron chi connectivity index (χ4n) is 3.65. The van der Waals surface area contributed by atoms with Crippen LogP contribution in [-0.2, 0) is 23.7 Å². The van der Waals surface area contributed by atoms with Gasteiger partial charge in [-0.2, -0.15) is 0 Å². The molecule has 3 rings (SSSR count). The Kier molecular flexibility index (Phi) is 7.25. The Morgan fingerprint density at radius 2 is 2.00 bits per heavy atom. The molecule has 0 aromatic carbocycles. The summed E-state index contributed by atoms with van der Waals surface area (Å²) < 4.78 is 21.8. The summed E-state index contributed by atoms with van der Waals surface area (Å²) in [6.07, 6.45) is -1.57. The number of aliphatic hydroxyl groups excluding tert-OH is 1. The highest BCUT2D eigenvalue weighted by Gasteiger charge is 2.50. The number of amides is 3. The summed E-state index contributed by atoms with van der Waals surface area (Å²) in [5, 5.41) is 16.0. The summed E-state index contributed by atoms with van der Waals surface area (Å²) in [6, 6.07) is -0.183. The highest BCUT2D eigenvalue weighted by molar-refractivity contribution is 5.76. The van der Waals surface area contributed by atoms with Crippen LogP contribution in [0.15, 0.2) is 0 Å². The molecule has 3 amide bonds. The molecule has 3 aliphatic heterocycles. The molecule has 154 valence electrons. The number of ether oxygens (including phenoxy) is 4. The van der Waals surface area contributed by atoms with Gasteiger partial charge >= 0.3 is 6.03 Å². The number of urea groups is 1. The minimum Gasteiger partial charge on any atom is -0.388 e. The molecule has 0 bridgehead atoms. The number of carbonyl (C=O) groups excluding carboxylic acids is 2. The number of carbonyl (C=O) groups is 2. The van der Waals surface area contributed by atoms with E-state index in [1.165, 1.54) is 0 Å². The summed E-state index contributed by atoms with van der Waals surface area (Å²) in [5.74, 6) is -0.110. The molecule has 0 saturated carbocycles. The summed E-state index contributed by atoms with van der Waals surface area (Å²) >= 11 is 0. The maximum absolute atomic E-state index is 12.1. The Bertz CT molecular complexity index is 515. The van der Waals surface area contributed by atoms with Crippen LogP contribution in [0.2, 0.25) is 0 Å².